The number of anilines is 1. The summed E-state index contributed by atoms with van der Waals surface area (Å²) in [5, 5.41) is 10.1. The third-order valence-corrected chi connectivity index (χ3v) is 3.90. The molecule has 1 amide bonds. The number of hydrogen-bond acceptors (Lipinski definition) is 5. The summed E-state index contributed by atoms with van der Waals surface area (Å²) in [5.74, 6) is 0.210. The molecule has 19 heavy (non-hydrogen) atoms. The molecule has 0 saturated carbocycles. The van der Waals surface area contributed by atoms with Crippen LogP contribution in [-0.2, 0) is 18.4 Å². The number of rotatable bonds is 4. The molecule has 8 heteroatoms. The van der Waals surface area contributed by atoms with Crippen molar-refractivity contribution in [1.82, 2.24) is 19.3 Å². The molecule has 0 aliphatic heterocycles. The Morgan fingerprint density at radius 2 is 2.21 bits per heavy atom. The van der Waals surface area contributed by atoms with Crippen LogP contribution in [0.15, 0.2) is 11.1 Å². The van der Waals surface area contributed by atoms with Crippen molar-refractivity contribution in [2.24, 2.45) is 7.05 Å². The topological polar surface area (TPSA) is 81.8 Å². The molecule has 2 aromatic heterocycles. The second-order valence-corrected chi connectivity index (χ2v) is 5.39. The number of carbonyl (C=O) groups excluding carboxylic acids is 1. The lowest BCUT2D eigenvalue weighted by Gasteiger charge is -2.06. The first-order valence-electron chi connectivity index (χ1n) is 5.79. The molecule has 0 fully saturated rings. The molecule has 0 atom stereocenters. The van der Waals surface area contributed by atoms with Gasteiger partial charge in [0, 0.05) is 30.6 Å². The summed E-state index contributed by atoms with van der Waals surface area (Å²) in [7, 11) is 1.74. The zero-order chi connectivity index (χ0) is 14.0. The van der Waals surface area contributed by atoms with Gasteiger partial charge in [0.15, 0.2) is 0 Å². The molecule has 0 saturated heterocycles. The third kappa shape index (κ3) is 2.90. The Bertz CT molecular complexity index is 654. The maximum atomic E-state index is 11.8. The van der Waals surface area contributed by atoms with Crippen molar-refractivity contribution in [3.63, 3.8) is 0 Å². The van der Waals surface area contributed by atoms with Crippen LogP contribution >= 0.6 is 11.3 Å². The van der Waals surface area contributed by atoms with Crippen molar-refractivity contribution in [3.05, 3.63) is 26.6 Å². The van der Waals surface area contributed by atoms with Crippen molar-refractivity contribution in [2.45, 2.75) is 26.8 Å². The Labute approximate surface area is 113 Å². The lowest BCUT2D eigenvalue weighted by molar-refractivity contribution is -0.116. The van der Waals surface area contributed by atoms with E-state index in [9.17, 15) is 9.59 Å². The quantitative estimate of drug-likeness (QED) is 0.893. The van der Waals surface area contributed by atoms with Gasteiger partial charge in [-0.05, 0) is 13.8 Å². The van der Waals surface area contributed by atoms with Gasteiger partial charge >= 0.3 is 4.87 Å². The number of nitrogens with zero attached hydrogens (tertiary/aromatic N) is 4. The van der Waals surface area contributed by atoms with E-state index in [4.69, 9.17) is 0 Å². The highest BCUT2D eigenvalue weighted by Crippen LogP contribution is 2.10. The van der Waals surface area contributed by atoms with Crippen LogP contribution in [0.1, 0.15) is 17.0 Å². The molecular weight excluding hydrogens is 266 g/mol. The highest BCUT2D eigenvalue weighted by Gasteiger charge is 2.11. The Kier molecular flexibility index (Phi) is 3.79. The van der Waals surface area contributed by atoms with Crippen LogP contribution in [0.3, 0.4) is 0 Å². The minimum absolute atomic E-state index is 0.0264. The van der Waals surface area contributed by atoms with E-state index in [1.165, 1.54) is 17.7 Å². The van der Waals surface area contributed by atoms with E-state index >= 15 is 0 Å². The molecule has 2 aromatic rings. The lowest BCUT2D eigenvalue weighted by Crippen LogP contribution is -2.21. The van der Waals surface area contributed by atoms with Crippen molar-refractivity contribution < 1.29 is 4.79 Å². The van der Waals surface area contributed by atoms with Gasteiger partial charge in [-0.1, -0.05) is 11.3 Å². The summed E-state index contributed by atoms with van der Waals surface area (Å²) in [4.78, 5) is 24.4. The van der Waals surface area contributed by atoms with Gasteiger partial charge in [0.2, 0.25) is 11.9 Å². The number of hydrogen-bond donors (Lipinski definition) is 1. The molecule has 0 aromatic carbocycles. The van der Waals surface area contributed by atoms with Gasteiger partial charge in [0.25, 0.3) is 0 Å². The molecule has 0 spiro atoms. The first-order chi connectivity index (χ1) is 8.99. The molecule has 1 N–H and O–H groups in total. The fourth-order valence-corrected chi connectivity index (χ4v) is 2.50. The molecule has 7 nitrogen and oxygen atoms in total. The Balaban J connectivity index is 1.97. The van der Waals surface area contributed by atoms with Gasteiger partial charge in [-0.2, -0.15) is 0 Å². The summed E-state index contributed by atoms with van der Waals surface area (Å²) in [6, 6.07) is 0. The van der Waals surface area contributed by atoms with E-state index in [-0.39, 0.29) is 17.2 Å². The van der Waals surface area contributed by atoms with Gasteiger partial charge < -0.3 is 9.13 Å². The highest BCUT2D eigenvalue weighted by atomic mass is 32.1. The zero-order valence-electron chi connectivity index (χ0n) is 11.0. The summed E-state index contributed by atoms with van der Waals surface area (Å²) in [6.45, 7) is 4.16. The van der Waals surface area contributed by atoms with Gasteiger partial charge in [-0.15, -0.1) is 10.2 Å². The van der Waals surface area contributed by atoms with Crippen LogP contribution in [0.2, 0.25) is 0 Å². The zero-order valence-corrected chi connectivity index (χ0v) is 11.8. The van der Waals surface area contributed by atoms with E-state index < -0.39 is 0 Å². The van der Waals surface area contributed by atoms with E-state index in [1.807, 2.05) is 13.8 Å². The number of carbonyl (C=O) groups is 1. The fraction of sp³-hybridized carbons (Fsp3) is 0.455. The average molecular weight is 281 g/mol. The maximum Gasteiger partial charge on any atom is 0.307 e. The predicted molar refractivity (Wildman–Crippen MR) is 72.3 cm³/mol. The number of aromatic nitrogens is 4. The first-order valence-corrected chi connectivity index (χ1v) is 6.61. The smallest absolute Gasteiger partial charge is 0.303 e. The van der Waals surface area contributed by atoms with E-state index in [2.05, 4.69) is 15.5 Å². The van der Waals surface area contributed by atoms with Crippen molar-refractivity contribution in [1.29, 1.82) is 0 Å². The number of thiazole rings is 1. The molecule has 2 heterocycles. The second-order valence-electron chi connectivity index (χ2n) is 4.22. The van der Waals surface area contributed by atoms with Gasteiger partial charge in [0.1, 0.15) is 6.33 Å². The van der Waals surface area contributed by atoms with Gasteiger partial charge in [0.05, 0.1) is 0 Å². The maximum absolute atomic E-state index is 11.8. The van der Waals surface area contributed by atoms with Gasteiger partial charge in [-0.25, -0.2) is 0 Å². The molecule has 102 valence electrons. The summed E-state index contributed by atoms with van der Waals surface area (Å²) in [5.41, 5.74) is 0.918. The van der Waals surface area contributed by atoms with Gasteiger partial charge in [-0.3, -0.25) is 14.9 Å². The number of amides is 1. The van der Waals surface area contributed by atoms with Crippen molar-refractivity contribution >= 4 is 23.2 Å². The molecule has 0 aliphatic rings. The molecule has 0 bridgehead atoms. The molecule has 0 aliphatic carbocycles. The van der Waals surface area contributed by atoms with Crippen LogP contribution in [0.4, 0.5) is 5.95 Å². The standard InChI is InChI=1S/C11H15N5O2S/c1-7-8(2)19-11(18)16(7)5-4-9(17)13-10-14-12-6-15(10)3/h6H,4-5H2,1-3H3,(H,13,14,17). The number of aryl methyl sites for hydroxylation is 2. The van der Waals surface area contributed by atoms with E-state index in [1.54, 1.807) is 16.2 Å². The Morgan fingerprint density at radius 1 is 1.47 bits per heavy atom. The monoisotopic (exact) mass is 281 g/mol. The second kappa shape index (κ2) is 5.35. The van der Waals surface area contributed by atoms with Crippen LogP contribution < -0.4 is 10.2 Å². The summed E-state index contributed by atoms with van der Waals surface area (Å²) < 4.78 is 3.24. The summed E-state index contributed by atoms with van der Waals surface area (Å²) in [6.07, 6.45) is 1.73. The SMILES string of the molecule is Cc1sc(=O)n(CCC(=O)Nc2nncn2C)c1C. The van der Waals surface area contributed by atoms with Crippen LogP contribution in [0.25, 0.3) is 0 Å². The minimum Gasteiger partial charge on any atom is -0.303 e. The molecule has 2 rings (SSSR count). The Hall–Kier alpha value is -1.96. The number of nitrogens with one attached hydrogen (secondary N) is 1. The summed E-state index contributed by atoms with van der Waals surface area (Å²) >= 11 is 1.20. The first kappa shape index (κ1) is 13.5. The van der Waals surface area contributed by atoms with Crippen molar-refractivity contribution in [2.75, 3.05) is 5.32 Å². The van der Waals surface area contributed by atoms with E-state index in [0.29, 0.717) is 12.5 Å². The van der Waals surface area contributed by atoms with Crippen molar-refractivity contribution in [3.8, 4) is 0 Å². The van der Waals surface area contributed by atoms with Crippen LogP contribution in [-0.4, -0.2) is 25.2 Å². The minimum atomic E-state index is -0.189. The normalized spacial score (nSPS) is 10.7. The highest BCUT2D eigenvalue weighted by molar-refractivity contribution is 7.09. The van der Waals surface area contributed by atoms with Crippen LogP contribution in [0, 0.1) is 13.8 Å². The van der Waals surface area contributed by atoms with E-state index in [0.717, 1.165) is 10.6 Å². The lowest BCUT2D eigenvalue weighted by atomic mass is 10.3. The predicted octanol–water partition coefficient (Wildman–Crippen LogP) is 0.684. The van der Waals surface area contributed by atoms with Crippen LogP contribution in [0.5, 0.6) is 0 Å². The average Bonchev–Trinajstić information content (AvgIpc) is 2.84. The molecule has 0 unspecified atom stereocenters. The third-order valence-electron chi connectivity index (χ3n) is 2.90. The molecule has 0 radical (unpaired) electrons. The largest absolute Gasteiger partial charge is 0.307 e. The fourth-order valence-electron chi connectivity index (χ4n) is 1.64. The molecular formula is C11H15N5O2S. The Morgan fingerprint density at radius 3 is 2.74 bits per heavy atom.